The molecule has 0 amide bonds. The predicted molar refractivity (Wildman–Crippen MR) is 60.4 cm³/mol. The molecule has 0 N–H and O–H groups in total. The number of halogens is 3. The van der Waals surface area contributed by atoms with Gasteiger partial charge in [-0.2, -0.15) is 4.37 Å². The van der Waals surface area contributed by atoms with Gasteiger partial charge < -0.3 is 0 Å². The third-order valence-electron chi connectivity index (χ3n) is 1.56. The number of benzene rings is 1. The van der Waals surface area contributed by atoms with E-state index >= 15 is 0 Å². The lowest BCUT2D eigenvalue weighted by Crippen LogP contribution is -1.78. The first-order chi connectivity index (χ1) is 6.66. The highest BCUT2D eigenvalue weighted by atomic mass is 35.5. The van der Waals surface area contributed by atoms with Gasteiger partial charge in [0.05, 0.1) is 5.02 Å². The summed E-state index contributed by atoms with van der Waals surface area (Å²) >= 11 is 18.6. The van der Waals surface area contributed by atoms with E-state index in [-0.39, 0.29) is 5.28 Å². The summed E-state index contributed by atoms with van der Waals surface area (Å²) in [7, 11) is 0. The lowest BCUT2D eigenvalue weighted by molar-refractivity contribution is 1.33. The molecular weight excluding hydrogens is 263 g/mol. The fourth-order valence-corrected chi connectivity index (χ4v) is 2.25. The maximum atomic E-state index is 5.98. The van der Waals surface area contributed by atoms with Gasteiger partial charge in [-0.25, -0.2) is 4.98 Å². The van der Waals surface area contributed by atoms with Crippen LogP contribution in [0.5, 0.6) is 0 Å². The zero-order chi connectivity index (χ0) is 10.1. The number of rotatable bonds is 1. The van der Waals surface area contributed by atoms with Crippen LogP contribution in [0.4, 0.5) is 0 Å². The molecule has 1 aromatic heterocycles. The van der Waals surface area contributed by atoms with Crippen molar-refractivity contribution in [3.05, 3.63) is 33.5 Å². The first kappa shape index (κ1) is 10.2. The third-order valence-corrected chi connectivity index (χ3v) is 3.14. The van der Waals surface area contributed by atoms with Gasteiger partial charge in [-0.15, -0.1) is 0 Å². The molecule has 0 aliphatic heterocycles. The first-order valence-electron chi connectivity index (χ1n) is 3.61. The Morgan fingerprint density at radius 3 is 2.57 bits per heavy atom. The smallest absolute Gasteiger partial charge is 0.204 e. The van der Waals surface area contributed by atoms with Crippen molar-refractivity contribution in [2.75, 3.05) is 0 Å². The van der Waals surface area contributed by atoms with Crippen LogP contribution in [0.15, 0.2) is 18.2 Å². The minimum atomic E-state index is 0.223. The number of nitrogens with zero attached hydrogens (tertiary/aromatic N) is 2. The van der Waals surface area contributed by atoms with E-state index in [1.807, 2.05) is 0 Å². The fraction of sp³-hybridized carbons (Fsp3) is 0. The van der Waals surface area contributed by atoms with E-state index in [0.29, 0.717) is 15.1 Å². The van der Waals surface area contributed by atoms with Gasteiger partial charge in [-0.05, 0) is 41.3 Å². The molecule has 6 heteroatoms. The van der Waals surface area contributed by atoms with E-state index in [9.17, 15) is 0 Å². The van der Waals surface area contributed by atoms with Gasteiger partial charge in [0, 0.05) is 10.6 Å². The molecule has 14 heavy (non-hydrogen) atoms. The van der Waals surface area contributed by atoms with Crippen molar-refractivity contribution in [1.82, 2.24) is 9.36 Å². The quantitative estimate of drug-likeness (QED) is 0.773. The highest BCUT2D eigenvalue weighted by molar-refractivity contribution is 7.09. The van der Waals surface area contributed by atoms with Crippen LogP contribution in [-0.2, 0) is 0 Å². The van der Waals surface area contributed by atoms with E-state index in [1.165, 1.54) is 11.5 Å². The standard InChI is InChI=1S/C8H3Cl3N2S/c9-4-1-2-6(10)5(3-4)7-12-8(11)13-14-7/h1-3H. The van der Waals surface area contributed by atoms with E-state index in [2.05, 4.69) is 9.36 Å². The molecular formula is C8H3Cl3N2S. The molecule has 2 rings (SSSR count). The van der Waals surface area contributed by atoms with Crippen LogP contribution in [0, 0.1) is 0 Å². The number of hydrogen-bond acceptors (Lipinski definition) is 3. The van der Waals surface area contributed by atoms with E-state index in [4.69, 9.17) is 34.8 Å². The summed E-state index contributed by atoms with van der Waals surface area (Å²) in [6.45, 7) is 0. The lowest BCUT2D eigenvalue weighted by atomic mass is 10.2. The second-order valence-corrected chi connectivity index (χ2v) is 4.43. The molecule has 1 aromatic carbocycles. The Kier molecular flexibility index (Phi) is 2.93. The van der Waals surface area contributed by atoms with Crippen LogP contribution in [0.25, 0.3) is 10.6 Å². The van der Waals surface area contributed by atoms with Gasteiger partial charge >= 0.3 is 0 Å². The lowest BCUT2D eigenvalue weighted by Gasteiger charge is -1.99. The largest absolute Gasteiger partial charge is 0.234 e. The van der Waals surface area contributed by atoms with Gasteiger partial charge in [-0.3, -0.25) is 0 Å². The molecule has 0 fully saturated rings. The molecule has 0 aliphatic carbocycles. The molecule has 2 aromatic rings. The zero-order valence-corrected chi connectivity index (χ0v) is 9.75. The molecule has 0 bridgehead atoms. The molecule has 0 aliphatic rings. The van der Waals surface area contributed by atoms with Crippen molar-refractivity contribution in [1.29, 1.82) is 0 Å². The summed E-state index contributed by atoms with van der Waals surface area (Å²) < 4.78 is 3.86. The Labute approximate surface area is 99.6 Å². The SMILES string of the molecule is Clc1ccc(Cl)c(-c2nc(Cl)ns2)c1. The number of aromatic nitrogens is 2. The molecule has 72 valence electrons. The molecule has 0 atom stereocenters. The maximum absolute atomic E-state index is 5.98. The van der Waals surface area contributed by atoms with Gasteiger partial charge in [0.25, 0.3) is 0 Å². The topological polar surface area (TPSA) is 25.8 Å². The molecule has 0 saturated heterocycles. The molecule has 1 heterocycles. The van der Waals surface area contributed by atoms with Gasteiger partial charge in [0.1, 0.15) is 5.01 Å². The Hall–Kier alpha value is -0.350. The summed E-state index contributed by atoms with van der Waals surface area (Å²) in [5.41, 5.74) is 0.753. The van der Waals surface area contributed by atoms with Gasteiger partial charge in [0.15, 0.2) is 0 Å². The molecule has 2 nitrogen and oxygen atoms in total. The fourth-order valence-electron chi connectivity index (χ4n) is 0.976. The van der Waals surface area contributed by atoms with Crippen LogP contribution < -0.4 is 0 Å². The highest BCUT2D eigenvalue weighted by Gasteiger charge is 2.09. The Balaban J connectivity index is 2.55. The Morgan fingerprint density at radius 1 is 1.14 bits per heavy atom. The van der Waals surface area contributed by atoms with Crippen molar-refractivity contribution >= 4 is 46.3 Å². The first-order valence-corrected chi connectivity index (χ1v) is 5.52. The maximum Gasteiger partial charge on any atom is 0.234 e. The third kappa shape index (κ3) is 2.01. The zero-order valence-electron chi connectivity index (χ0n) is 6.67. The second-order valence-electron chi connectivity index (χ2n) is 2.49. The summed E-state index contributed by atoms with van der Waals surface area (Å²) in [5.74, 6) is 0. The minimum Gasteiger partial charge on any atom is -0.204 e. The van der Waals surface area contributed by atoms with Crippen LogP contribution in [0.3, 0.4) is 0 Å². The van der Waals surface area contributed by atoms with Crippen LogP contribution in [0.2, 0.25) is 15.3 Å². The molecule has 0 unspecified atom stereocenters. The molecule has 0 radical (unpaired) electrons. The summed E-state index contributed by atoms with van der Waals surface area (Å²) in [4.78, 5) is 4.01. The van der Waals surface area contributed by atoms with Crippen molar-refractivity contribution in [2.45, 2.75) is 0 Å². The van der Waals surface area contributed by atoms with Gasteiger partial charge in [-0.1, -0.05) is 23.2 Å². The second kappa shape index (κ2) is 4.03. The minimum absolute atomic E-state index is 0.223. The monoisotopic (exact) mass is 264 g/mol. The van der Waals surface area contributed by atoms with Crippen LogP contribution >= 0.6 is 46.3 Å². The number of hydrogen-bond donors (Lipinski definition) is 0. The Morgan fingerprint density at radius 2 is 1.93 bits per heavy atom. The highest BCUT2D eigenvalue weighted by Crippen LogP contribution is 2.32. The van der Waals surface area contributed by atoms with E-state index in [0.717, 1.165) is 5.56 Å². The Bertz CT molecular complexity index is 469. The van der Waals surface area contributed by atoms with Crippen molar-refractivity contribution in [3.63, 3.8) is 0 Å². The van der Waals surface area contributed by atoms with Crippen molar-refractivity contribution < 1.29 is 0 Å². The average molecular weight is 266 g/mol. The van der Waals surface area contributed by atoms with Crippen LogP contribution in [0.1, 0.15) is 0 Å². The summed E-state index contributed by atoms with van der Waals surface area (Å²) in [5, 5.41) is 2.08. The average Bonchev–Trinajstić information content (AvgIpc) is 2.56. The normalized spacial score (nSPS) is 10.5. The van der Waals surface area contributed by atoms with E-state index < -0.39 is 0 Å². The summed E-state index contributed by atoms with van der Waals surface area (Å²) in [6, 6.07) is 5.17. The molecule has 0 saturated carbocycles. The van der Waals surface area contributed by atoms with E-state index in [1.54, 1.807) is 18.2 Å². The summed E-state index contributed by atoms with van der Waals surface area (Å²) in [6.07, 6.45) is 0. The van der Waals surface area contributed by atoms with Crippen molar-refractivity contribution in [2.24, 2.45) is 0 Å². The van der Waals surface area contributed by atoms with Crippen LogP contribution in [-0.4, -0.2) is 9.36 Å². The van der Waals surface area contributed by atoms with Crippen molar-refractivity contribution in [3.8, 4) is 10.6 Å². The predicted octanol–water partition coefficient (Wildman–Crippen LogP) is 4.17. The van der Waals surface area contributed by atoms with Gasteiger partial charge in [0.2, 0.25) is 5.28 Å². The molecule has 0 spiro atoms.